The summed E-state index contributed by atoms with van der Waals surface area (Å²) < 4.78 is 16.4. The Hall–Kier alpha value is -2.38. The number of β-amino-alcohol motifs (C(OH)–C–C–N with tert-alkyl or cyclic N) is 1. The molecule has 0 fully saturated rings. The molecule has 3 rings (SSSR count). The van der Waals surface area contributed by atoms with E-state index in [0.717, 1.165) is 30.8 Å². The van der Waals surface area contributed by atoms with Gasteiger partial charge in [0, 0.05) is 26.1 Å². The quantitative estimate of drug-likeness (QED) is 0.660. The normalized spacial score (nSPS) is 15.5. The zero-order chi connectivity index (χ0) is 21.7. The number of rotatable bonds is 8. The van der Waals surface area contributed by atoms with E-state index in [1.165, 1.54) is 17.5 Å². The Morgan fingerprint density at radius 2 is 2.17 bits per heavy atom. The molecule has 2 aromatic rings. The molecule has 1 N–H and O–H groups in total. The van der Waals surface area contributed by atoms with E-state index in [9.17, 15) is 9.90 Å². The number of oxazole rings is 1. The average Bonchev–Trinajstić information content (AvgIpc) is 3.18. The smallest absolute Gasteiger partial charge is 0.306 e. The van der Waals surface area contributed by atoms with Crippen molar-refractivity contribution in [3.8, 4) is 5.75 Å². The molecule has 0 saturated carbocycles. The Morgan fingerprint density at radius 3 is 2.87 bits per heavy atom. The fraction of sp³-hybridized carbons (Fsp3) is 0.565. The second kappa shape index (κ2) is 9.62. The Labute approximate surface area is 178 Å². The van der Waals surface area contributed by atoms with Crippen molar-refractivity contribution in [3.63, 3.8) is 0 Å². The first-order valence-corrected chi connectivity index (χ1v) is 10.4. The van der Waals surface area contributed by atoms with Crippen LogP contribution in [0.1, 0.15) is 56.1 Å². The third-order valence-electron chi connectivity index (χ3n) is 5.14. The zero-order valence-electron chi connectivity index (χ0n) is 18.3. The molecule has 7 heteroatoms. The van der Waals surface area contributed by atoms with Gasteiger partial charge in [0.1, 0.15) is 18.0 Å². The number of esters is 1. The first kappa shape index (κ1) is 22.3. The summed E-state index contributed by atoms with van der Waals surface area (Å²) >= 11 is 0. The van der Waals surface area contributed by atoms with Crippen LogP contribution in [0, 0.1) is 6.92 Å². The van der Waals surface area contributed by atoms with Crippen LogP contribution in [-0.2, 0) is 29.1 Å². The molecule has 1 aromatic carbocycles. The second-order valence-electron chi connectivity index (χ2n) is 8.85. The highest BCUT2D eigenvalue weighted by Gasteiger charge is 2.23. The van der Waals surface area contributed by atoms with Crippen LogP contribution in [0.15, 0.2) is 29.1 Å². The van der Waals surface area contributed by atoms with Crippen LogP contribution < -0.4 is 4.74 Å². The molecule has 0 bridgehead atoms. The van der Waals surface area contributed by atoms with Crippen molar-refractivity contribution in [1.82, 2.24) is 9.88 Å². The van der Waals surface area contributed by atoms with E-state index >= 15 is 0 Å². The predicted molar refractivity (Wildman–Crippen MR) is 112 cm³/mol. The number of carbonyl (C=O) groups is 1. The van der Waals surface area contributed by atoms with Crippen LogP contribution in [-0.4, -0.2) is 45.8 Å². The summed E-state index contributed by atoms with van der Waals surface area (Å²) in [5.74, 6) is 1.29. The number of aliphatic hydroxyl groups is 1. The van der Waals surface area contributed by atoms with Crippen LogP contribution >= 0.6 is 0 Å². The maximum atomic E-state index is 11.8. The Morgan fingerprint density at radius 1 is 1.37 bits per heavy atom. The molecule has 0 unspecified atom stereocenters. The summed E-state index contributed by atoms with van der Waals surface area (Å²) in [4.78, 5) is 18.0. The van der Waals surface area contributed by atoms with Crippen LogP contribution in [0.5, 0.6) is 5.75 Å². The molecule has 0 radical (unpaired) electrons. The van der Waals surface area contributed by atoms with Crippen molar-refractivity contribution in [2.75, 3.05) is 13.1 Å². The Bertz CT molecular complexity index is 842. The molecule has 0 amide bonds. The summed E-state index contributed by atoms with van der Waals surface area (Å²) in [5, 5.41) is 10.4. The fourth-order valence-corrected chi connectivity index (χ4v) is 3.72. The molecule has 0 spiro atoms. The monoisotopic (exact) mass is 416 g/mol. The van der Waals surface area contributed by atoms with Gasteiger partial charge in [0.15, 0.2) is 12.2 Å². The van der Waals surface area contributed by atoms with E-state index < -0.39 is 11.7 Å². The minimum Gasteiger partial charge on any atom is -0.485 e. The zero-order valence-corrected chi connectivity index (χ0v) is 18.3. The van der Waals surface area contributed by atoms with Gasteiger partial charge in [0.05, 0.1) is 12.3 Å². The number of hydrogen-bond acceptors (Lipinski definition) is 7. The highest BCUT2D eigenvalue weighted by Crippen LogP contribution is 2.30. The fourth-order valence-electron chi connectivity index (χ4n) is 3.72. The lowest BCUT2D eigenvalue weighted by atomic mass is 9.94. The van der Waals surface area contributed by atoms with Gasteiger partial charge in [-0.1, -0.05) is 6.07 Å². The summed E-state index contributed by atoms with van der Waals surface area (Å²) in [6, 6.07) is 4.09. The first-order valence-electron chi connectivity index (χ1n) is 10.4. The number of benzene rings is 1. The summed E-state index contributed by atoms with van der Waals surface area (Å²) in [6.45, 7) is 10.2. The van der Waals surface area contributed by atoms with Gasteiger partial charge < -0.3 is 19.0 Å². The number of hydrogen-bond donors (Lipinski definition) is 1. The predicted octanol–water partition coefficient (Wildman–Crippen LogP) is 3.40. The molecular formula is C23H32N2O5. The molecule has 0 saturated heterocycles. The van der Waals surface area contributed by atoms with Gasteiger partial charge in [-0.3, -0.25) is 9.69 Å². The maximum absolute atomic E-state index is 11.8. The molecule has 164 valence electrons. The largest absolute Gasteiger partial charge is 0.485 e. The minimum atomic E-state index is -0.551. The van der Waals surface area contributed by atoms with Crippen molar-refractivity contribution in [2.24, 2.45) is 0 Å². The van der Waals surface area contributed by atoms with Crippen LogP contribution in [0.25, 0.3) is 0 Å². The van der Waals surface area contributed by atoms with Crippen molar-refractivity contribution >= 4 is 5.97 Å². The van der Waals surface area contributed by atoms with Gasteiger partial charge in [-0.05, 0) is 63.3 Å². The average molecular weight is 417 g/mol. The molecular weight excluding hydrogens is 384 g/mol. The highest BCUT2D eigenvalue weighted by atomic mass is 16.6. The standard InChI is InChI=1S/C23H32N2O5/c1-16-20-9-10-25(13-18(26)6-8-22(27)30-23(2,3)4)12-17(20)5-7-21(16)28-14-19-11-24-15-29-19/h5,7,11,15,18,26H,6,8-10,12-14H2,1-4H3/t18-/m0/s1. The van der Waals surface area contributed by atoms with Crippen molar-refractivity contribution in [2.45, 2.75) is 71.8 Å². The molecule has 1 atom stereocenters. The second-order valence-corrected chi connectivity index (χ2v) is 8.85. The van der Waals surface area contributed by atoms with E-state index in [1.54, 1.807) is 6.20 Å². The SMILES string of the molecule is Cc1c(OCc2cnco2)ccc2c1CCN(C[C@@H](O)CCC(=O)OC(C)(C)C)C2. The van der Waals surface area contributed by atoms with Crippen molar-refractivity contribution < 1.29 is 23.8 Å². The first-order chi connectivity index (χ1) is 14.2. The van der Waals surface area contributed by atoms with Gasteiger partial charge in [0.2, 0.25) is 0 Å². The van der Waals surface area contributed by atoms with Crippen LogP contribution in [0.3, 0.4) is 0 Å². The van der Waals surface area contributed by atoms with Gasteiger partial charge in [0.25, 0.3) is 0 Å². The van der Waals surface area contributed by atoms with E-state index in [2.05, 4.69) is 22.9 Å². The number of fused-ring (bicyclic) bond motifs is 1. The minimum absolute atomic E-state index is 0.230. The topological polar surface area (TPSA) is 85.0 Å². The lowest BCUT2D eigenvalue weighted by Gasteiger charge is -2.31. The molecule has 1 aliphatic rings. The Kier molecular flexibility index (Phi) is 7.15. The lowest BCUT2D eigenvalue weighted by Crippen LogP contribution is -2.37. The molecule has 30 heavy (non-hydrogen) atoms. The van der Waals surface area contributed by atoms with Crippen molar-refractivity contribution in [1.29, 1.82) is 0 Å². The summed E-state index contributed by atoms with van der Waals surface area (Å²) in [6.07, 6.45) is 4.04. The van der Waals surface area contributed by atoms with E-state index in [4.69, 9.17) is 13.9 Å². The van der Waals surface area contributed by atoms with Gasteiger partial charge in [-0.25, -0.2) is 4.98 Å². The molecule has 7 nitrogen and oxygen atoms in total. The number of aliphatic hydroxyl groups excluding tert-OH is 1. The summed E-state index contributed by atoms with van der Waals surface area (Å²) in [5.41, 5.74) is 3.22. The van der Waals surface area contributed by atoms with Crippen LogP contribution in [0.4, 0.5) is 0 Å². The van der Waals surface area contributed by atoms with Gasteiger partial charge in [-0.2, -0.15) is 0 Å². The lowest BCUT2D eigenvalue weighted by molar-refractivity contribution is -0.155. The molecule has 1 aromatic heterocycles. The van der Waals surface area contributed by atoms with Gasteiger partial charge >= 0.3 is 5.97 Å². The van der Waals surface area contributed by atoms with E-state index in [0.29, 0.717) is 25.3 Å². The number of nitrogens with zero attached hydrogens (tertiary/aromatic N) is 2. The molecule has 1 aliphatic heterocycles. The van der Waals surface area contributed by atoms with E-state index in [1.807, 2.05) is 26.8 Å². The third kappa shape index (κ3) is 6.31. The van der Waals surface area contributed by atoms with Crippen LogP contribution in [0.2, 0.25) is 0 Å². The third-order valence-corrected chi connectivity index (χ3v) is 5.14. The highest BCUT2D eigenvalue weighted by molar-refractivity contribution is 5.69. The number of aromatic nitrogens is 1. The number of carbonyl (C=O) groups excluding carboxylic acids is 1. The number of ether oxygens (including phenoxy) is 2. The Balaban J connectivity index is 1.50. The molecule has 0 aliphatic carbocycles. The van der Waals surface area contributed by atoms with Gasteiger partial charge in [-0.15, -0.1) is 0 Å². The molecule has 2 heterocycles. The van der Waals surface area contributed by atoms with E-state index in [-0.39, 0.29) is 12.4 Å². The van der Waals surface area contributed by atoms with Crippen molar-refractivity contribution in [3.05, 3.63) is 47.2 Å². The maximum Gasteiger partial charge on any atom is 0.306 e. The summed E-state index contributed by atoms with van der Waals surface area (Å²) in [7, 11) is 0.